The van der Waals surface area contributed by atoms with Gasteiger partial charge in [-0.2, -0.15) is 0 Å². The van der Waals surface area contributed by atoms with Gasteiger partial charge in [0, 0.05) is 24.9 Å². The van der Waals surface area contributed by atoms with Crippen LogP contribution < -0.4 is 4.74 Å². The first-order valence-electron chi connectivity index (χ1n) is 12.1. The van der Waals surface area contributed by atoms with E-state index in [1.54, 1.807) is 12.1 Å². The second-order valence-corrected chi connectivity index (χ2v) is 9.93. The molecule has 3 aliphatic rings. The Balaban J connectivity index is 1.63. The topological polar surface area (TPSA) is 132 Å². The molecule has 1 aliphatic heterocycles. The number of benzene rings is 1. The lowest BCUT2D eigenvalue weighted by Gasteiger charge is -2.56. The third-order valence-corrected chi connectivity index (χ3v) is 7.79. The number of aliphatic hydroxyl groups is 1. The zero-order chi connectivity index (χ0) is 26.6. The van der Waals surface area contributed by atoms with Gasteiger partial charge in [0.1, 0.15) is 5.76 Å². The van der Waals surface area contributed by atoms with Gasteiger partial charge in [0.15, 0.2) is 29.8 Å². The van der Waals surface area contributed by atoms with E-state index in [1.165, 1.54) is 13.8 Å². The lowest BCUT2D eigenvalue weighted by molar-refractivity contribution is -0.176. The van der Waals surface area contributed by atoms with Crippen LogP contribution >= 0.6 is 0 Å². The van der Waals surface area contributed by atoms with Crippen LogP contribution in [-0.2, 0) is 40.4 Å². The Hall–Kier alpha value is -3.11. The summed E-state index contributed by atoms with van der Waals surface area (Å²) < 4.78 is 21.7. The summed E-state index contributed by atoms with van der Waals surface area (Å²) in [7, 11) is 1.95. The summed E-state index contributed by atoms with van der Waals surface area (Å²) in [5.74, 6) is -1.99. The van der Waals surface area contributed by atoms with Gasteiger partial charge in [-0.25, -0.2) is 9.59 Å². The summed E-state index contributed by atoms with van der Waals surface area (Å²) in [6.45, 7) is 8.46. The maximum atomic E-state index is 12.9. The van der Waals surface area contributed by atoms with Crippen LogP contribution in [0.25, 0.3) is 0 Å². The standard InChI is InChI=1S/C26H33NO9/c1-7-27(6)19-12-16-8-9-17(29)21-20(16)25(5)22(36-21)18(10-11-26(19,25)32)35-24(31)14(3)34-23(30)13(2)33-15(4)28/h8-10,13-14,19,22,29,32H,7,11-12H2,1-6H3/t13-,14-,19+,22-,25-,26+/m0/s1. The maximum absolute atomic E-state index is 12.9. The van der Waals surface area contributed by atoms with Crippen molar-refractivity contribution in [2.75, 3.05) is 13.6 Å². The van der Waals surface area contributed by atoms with Crippen LogP contribution in [0.2, 0.25) is 0 Å². The van der Waals surface area contributed by atoms with E-state index >= 15 is 0 Å². The Kier molecular flexibility index (Phi) is 6.55. The molecule has 2 N–H and O–H groups in total. The van der Waals surface area contributed by atoms with Gasteiger partial charge in [-0.3, -0.25) is 4.79 Å². The summed E-state index contributed by atoms with van der Waals surface area (Å²) in [5, 5.41) is 22.7. The van der Waals surface area contributed by atoms with Crippen LogP contribution in [0.5, 0.6) is 11.5 Å². The van der Waals surface area contributed by atoms with Crippen molar-refractivity contribution in [1.82, 2.24) is 4.90 Å². The van der Waals surface area contributed by atoms with Gasteiger partial charge < -0.3 is 34.1 Å². The number of esters is 3. The highest BCUT2D eigenvalue weighted by molar-refractivity contribution is 5.83. The van der Waals surface area contributed by atoms with Gasteiger partial charge in [-0.1, -0.05) is 13.0 Å². The second-order valence-electron chi connectivity index (χ2n) is 9.93. The Morgan fingerprint density at radius 2 is 1.86 bits per heavy atom. The van der Waals surface area contributed by atoms with Crippen molar-refractivity contribution < 1.29 is 43.5 Å². The Bertz CT molecular complexity index is 1130. The summed E-state index contributed by atoms with van der Waals surface area (Å²) in [4.78, 5) is 38.2. The molecule has 0 radical (unpaired) electrons. The molecule has 0 saturated heterocycles. The molecule has 0 bridgehead atoms. The zero-order valence-corrected chi connectivity index (χ0v) is 21.4. The number of ether oxygens (including phenoxy) is 4. The fraction of sp³-hybridized carbons (Fsp3) is 0.577. The molecular formula is C26H33NO9. The minimum atomic E-state index is -1.29. The smallest absolute Gasteiger partial charge is 0.352 e. The molecule has 10 nitrogen and oxygen atoms in total. The van der Waals surface area contributed by atoms with Crippen LogP contribution in [0.4, 0.5) is 0 Å². The molecule has 10 heteroatoms. The van der Waals surface area contributed by atoms with Gasteiger partial charge in [0.2, 0.25) is 0 Å². The van der Waals surface area contributed by atoms with Crippen molar-refractivity contribution in [3.05, 3.63) is 35.1 Å². The molecule has 0 amide bonds. The molecule has 1 aromatic rings. The number of phenolic OH excluding ortho intramolecular Hbond substituents is 1. The van der Waals surface area contributed by atoms with Crippen LogP contribution in [0, 0.1) is 0 Å². The predicted molar refractivity (Wildman–Crippen MR) is 126 cm³/mol. The van der Waals surface area contributed by atoms with E-state index in [0.29, 0.717) is 12.0 Å². The van der Waals surface area contributed by atoms with E-state index in [4.69, 9.17) is 18.9 Å². The maximum Gasteiger partial charge on any atom is 0.352 e. The molecule has 196 valence electrons. The highest BCUT2D eigenvalue weighted by Crippen LogP contribution is 2.62. The molecular weight excluding hydrogens is 470 g/mol. The SMILES string of the molecule is CCN(C)[C@@H]1Cc2ccc(O)c3c2[C@@]2(C)[C@@H](O3)C(OC(=O)[C@H](C)OC(=O)[C@H](C)OC(C)=O)=CC[C@@]12O. The number of rotatable bonds is 7. The third kappa shape index (κ3) is 3.83. The average Bonchev–Trinajstić information content (AvgIpc) is 3.15. The number of phenols is 1. The van der Waals surface area contributed by atoms with Gasteiger partial charge in [0.05, 0.1) is 11.0 Å². The zero-order valence-electron chi connectivity index (χ0n) is 21.4. The van der Waals surface area contributed by atoms with Gasteiger partial charge >= 0.3 is 17.9 Å². The Morgan fingerprint density at radius 3 is 2.50 bits per heavy atom. The third-order valence-electron chi connectivity index (χ3n) is 7.79. The molecule has 0 saturated carbocycles. The van der Waals surface area contributed by atoms with Crippen molar-refractivity contribution in [1.29, 1.82) is 0 Å². The molecule has 2 aliphatic carbocycles. The fourth-order valence-corrected chi connectivity index (χ4v) is 5.71. The number of carbonyl (C=O) groups excluding carboxylic acids is 3. The minimum Gasteiger partial charge on any atom is -0.504 e. The Labute approximate surface area is 209 Å². The van der Waals surface area contributed by atoms with E-state index < -0.39 is 47.2 Å². The fourth-order valence-electron chi connectivity index (χ4n) is 5.71. The predicted octanol–water partition coefficient (Wildman–Crippen LogP) is 1.73. The van der Waals surface area contributed by atoms with Crippen LogP contribution in [-0.4, -0.2) is 76.6 Å². The molecule has 36 heavy (non-hydrogen) atoms. The molecule has 0 aromatic heterocycles. The average molecular weight is 504 g/mol. The van der Waals surface area contributed by atoms with Crippen LogP contribution in [0.1, 0.15) is 52.2 Å². The van der Waals surface area contributed by atoms with Crippen molar-refractivity contribution in [3.63, 3.8) is 0 Å². The molecule has 1 heterocycles. The van der Waals surface area contributed by atoms with E-state index in [2.05, 4.69) is 4.90 Å². The van der Waals surface area contributed by atoms with Crippen molar-refractivity contribution in [2.24, 2.45) is 0 Å². The van der Waals surface area contributed by atoms with Crippen LogP contribution in [0.3, 0.4) is 0 Å². The molecule has 1 aromatic carbocycles. The number of carbonyl (C=O) groups is 3. The number of aromatic hydroxyl groups is 1. The van der Waals surface area contributed by atoms with Crippen molar-refractivity contribution >= 4 is 17.9 Å². The quantitative estimate of drug-likeness (QED) is 0.419. The van der Waals surface area contributed by atoms with E-state index in [9.17, 15) is 24.6 Å². The molecule has 0 unspecified atom stereocenters. The summed E-state index contributed by atoms with van der Waals surface area (Å²) in [6.07, 6.45) is -0.964. The summed E-state index contributed by atoms with van der Waals surface area (Å²) in [6, 6.07) is 3.18. The molecule has 6 atom stereocenters. The van der Waals surface area contributed by atoms with Gasteiger partial charge in [-0.05, 0) is 58.5 Å². The van der Waals surface area contributed by atoms with E-state index in [-0.39, 0.29) is 29.7 Å². The second kappa shape index (κ2) is 9.08. The van der Waals surface area contributed by atoms with Gasteiger partial charge in [-0.15, -0.1) is 0 Å². The van der Waals surface area contributed by atoms with Crippen LogP contribution in [0.15, 0.2) is 24.0 Å². The van der Waals surface area contributed by atoms with E-state index in [1.807, 2.05) is 27.0 Å². The monoisotopic (exact) mass is 503 g/mol. The lowest BCUT2D eigenvalue weighted by atomic mass is 9.54. The number of likely N-dealkylation sites (N-methyl/N-ethyl adjacent to an activating group) is 1. The first-order chi connectivity index (χ1) is 16.8. The number of nitrogens with zero attached hydrogens (tertiary/aromatic N) is 1. The van der Waals surface area contributed by atoms with Gasteiger partial charge in [0.25, 0.3) is 0 Å². The molecule has 0 spiro atoms. The molecule has 0 fully saturated rings. The largest absolute Gasteiger partial charge is 0.504 e. The number of hydrogen-bond acceptors (Lipinski definition) is 10. The first kappa shape index (κ1) is 26.0. The highest BCUT2D eigenvalue weighted by atomic mass is 16.6. The normalized spacial score (nSPS) is 29.4. The minimum absolute atomic E-state index is 0.0542. The lowest BCUT2D eigenvalue weighted by Crippen LogP contribution is -2.69. The summed E-state index contributed by atoms with van der Waals surface area (Å²) >= 11 is 0. The highest BCUT2D eigenvalue weighted by Gasteiger charge is 2.68. The Morgan fingerprint density at radius 1 is 1.19 bits per heavy atom. The summed E-state index contributed by atoms with van der Waals surface area (Å²) in [5.41, 5.74) is -0.608. The van der Waals surface area contributed by atoms with Crippen molar-refractivity contribution in [3.8, 4) is 11.5 Å². The molecule has 4 rings (SSSR count). The van der Waals surface area contributed by atoms with Crippen molar-refractivity contribution in [2.45, 2.75) is 82.8 Å². The van der Waals surface area contributed by atoms with E-state index in [0.717, 1.165) is 19.0 Å². The first-order valence-corrected chi connectivity index (χ1v) is 12.1. The number of hydrogen-bond donors (Lipinski definition) is 2.